The Morgan fingerprint density at radius 1 is 1.07 bits per heavy atom. The van der Waals surface area contributed by atoms with Gasteiger partial charge in [-0.2, -0.15) is 0 Å². The van der Waals surface area contributed by atoms with E-state index < -0.39 is 11.0 Å². The summed E-state index contributed by atoms with van der Waals surface area (Å²) < 4.78 is 13.6. The Kier molecular flexibility index (Phi) is 5.65. The molecule has 0 bridgehead atoms. The summed E-state index contributed by atoms with van der Waals surface area (Å²) in [5, 5.41) is 4.10. The van der Waals surface area contributed by atoms with Gasteiger partial charge in [0.15, 0.2) is 5.13 Å². The molecule has 1 N–H and O–H groups in total. The molecular weight excluding hydrogens is 392 g/mol. The molecule has 1 aliphatic heterocycles. The maximum Gasteiger partial charge on any atom is 0.188 e. The maximum atomic E-state index is 11.6. The summed E-state index contributed by atoms with van der Waals surface area (Å²) in [5.41, 5.74) is 3.17. The number of hydrogen-bond acceptors (Lipinski definition) is 7. The van der Waals surface area contributed by atoms with Gasteiger partial charge in [0, 0.05) is 74.0 Å². The molecule has 0 saturated carbocycles. The van der Waals surface area contributed by atoms with Crippen LogP contribution in [0.1, 0.15) is 5.69 Å². The molecule has 1 saturated heterocycles. The normalized spacial score (nSPS) is 16.1. The number of anilines is 3. The first-order chi connectivity index (χ1) is 13.6. The molecule has 28 heavy (non-hydrogen) atoms. The van der Waals surface area contributed by atoms with E-state index in [1.54, 1.807) is 23.8 Å². The number of nitrogens with zero attached hydrogens (tertiary/aromatic N) is 5. The van der Waals surface area contributed by atoms with Crippen LogP contribution in [0.3, 0.4) is 0 Å². The Hall–Kier alpha value is -2.36. The minimum absolute atomic E-state index is 0.766. The average molecular weight is 415 g/mol. The standard InChI is InChI=1S/C19H22N6OS2/c1-14-3-4-15(12-21-14)17-13-22-19(27-17)23-18-11-16(5-6-20-18)24-7-9-25(10-8-24)28(2)26/h3-6,11-13H,7-10H2,1-2H3,(H,20,22,23). The molecule has 0 amide bonds. The SMILES string of the molecule is Cc1ccc(-c2cnc(Nc3cc(N4CCN(S(C)=O)CC4)ccn3)s2)cn1. The highest BCUT2D eigenvalue weighted by Gasteiger charge is 2.19. The van der Waals surface area contributed by atoms with Gasteiger partial charge in [-0.15, -0.1) is 0 Å². The Morgan fingerprint density at radius 2 is 1.89 bits per heavy atom. The fourth-order valence-corrected chi connectivity index (χ4v) is 4.57. The summed E-state index contributed by atoms with van der Waals surface area (Å²) in [6.45, 7) is 5.28. The second-order valence-corrected chi connectivity index (χ2v) is 8.98. The number of rotatable bonds is 5. The van der Waals surface area contributed by atoms with E-state index in [-0.39, 0.29) is 0 Å². The van der Waals surface area contributed by atoms with Crippen molar-refractivity contribution in [1.82, 2.24) is 19.3 Å². The molecule has 146 valence electrons. The first-order valence-electron chi connectivity index (χ1n) is 9.04. The van der Waals surface area contributed by atoms with Crippen LogP contribution in [0.25, 0.3) is 10.4 Å². The summed E-state index contributed by atoms with van der Waals surface area (Å²) in [6.07, 6.45) is 7.27. The van der Waals surface area contributed by atoms with E-state index in [4.69, 9.17) is 0 Å². The number of aromatic nitrogens is 3. The van der Waals surface area contributed by atoms with Gasteiger partial charge in [-0.25, -0.2) is 18.5 Å². The number of aryl methyl sites for hydroxylation is 1. The predicted molar refractivity (Wildman–Crippen MR) is 115 cm³/mol. The largest absolute Gasteiger partial charge is 0.369 e. The summed E-state index contributed by atoms with van der Waals surface area (Å²) >= 11 is 1.58. The molecule has 9 heteroatoms. The van der Waals surface area contributed by atoms with Crippen molar-refractivity contribution in [3.05, 3.63) is 48.5 Å². The Balaban J connectivity index is 1.44. The van der Waals surface area contributed by atoms with Crippen LogP contribution < -0.4 is 10.2 Å². The summed E-state index contributed by atoms with van der Waals surface area (Å²) in [7, 11) is -0.899. The predicted octanol–water partition coefficient (Wildman–Crippen LogP) is 3.07. The second-order valence-electron chi connectivity index (χ2n) is 6.58. The Morgan fingerprint density at radius 3 is 2.61 bits per heavy atom. The van der Waals surface area contributed by atoms with Crippen LogP contribution in [0.5, 0.6) is 0 Å². The van der Waals surface area contributed by atoms with Crippen molar-refractivity contribution in [3.63, 3.8) is 0 Å². The van der Waals surface area contributed by atoms with E-state index in [0.717, 1.165) is 59.0 Å². The molecule has 1 atom stereocenters. The quantitative estimate of drug-likeness (QED) is 0.692. The molecule has 3 aromatic rings. The number of hydrogen-bond donors (Lipinski definition) is 1. The van der Waals surface area contributed by atoms with E-state index in [1.807, 2.05) is 41.8 Å². The maximum absolute atomic E-state index is 11.6. The van der Waals surface area contributed by atoms with Crippen molar-refractivity contribution in [2.24, 2.45) is 0 Å². The third kappa shape index (κ3) is 4.37. The van der Waals surface area contributed by atoms with Gasteiger partial charge in [0.1, 0.15) is 5.82 Å². The number of nitrogens with one attached hydrogen (secondary N) is 1. The van der Waals surface area contributed by atoms with E-state index in [9.17, 15) is 4.21 Å². The van der Waals surface area contributed by atoms with Gasteiger partial charge in [-0.3, -0.25) is 4.98 Å². The second kappa shape index (κ2) is 8.34. The van der Waals surface area contributed by atoms with Crippen LogP contribution in [-0.4, -0.2) is 55.9 Å². The highest BCUT2D eigenvalue weighted by atomic mass is 32.2. The topological polar surface area (TPSA) is 74.2 Å². The highest BCUT2D eigenvalue weighted by molar-refractivity contribution is 7.81. The summed E-state index contributed by atoms with van der Waals surface area (Å²) in [4.78, 5) is 16.6. The van der Waals surface area contributed by atoms with Crippen LogP contribution in [0.4, 0.5) is 16.6 Å². The minimum atomic E-state index is -0.899. The highest BCUT2D eigenvalue weighted by Crippen LogP contribution is 2.30. The molecule has 0 spiro atoms. The molecule has 0 aliphatic carbocycles. The molecule has 0 radical (unpaired) electrons. The van der Waals surface area contributed by atoms with Crippen LogP contribution in [-0.2, 0) is 11.0 Å². The van der Waals surface area contributed by atoms with Crippen molar-refractivity contribution in [3.8, 4) is 10.4 Å². The lowest BCUT2D eigenvalue weighted by molar-refractivity contribution is 0.412. The van der Waals surface area contributed by atoms with Gasteiger partial charge >= 0.3 is 0 Å². The molecule has 3 aromatic heterocycles. The summed E-state index contributed by atoms with van der Waals surface area (Å²) in [5.74, 6) is 0.766. The van der Waals surface area contributed by atoms with Crippen LogP contribution in [0.2, 0.25) is 0 Å². The first kappa shape index (κ1) is 19.0. The lowest BCUT2D eigenvalue weighted by Crippen LogP contribution is -2.46. The first-order valence-corrected chi connectivity index (χ1v) is 11.4. The van der Waals surface area contributed by atoms with Crippen LogP contribution >= 0.6 is 11.3 Å². The molecule has 0 aromatic carbocycles. The van der Waals surface area contributed by atoms with E-state index >= 15 is 0 Å². The van der Waals surface area contributed by atoms with Crippen LogP contribution in [0, 0.1) is 6.92 Å². The average Bonchev–Trinajstić information content (AvgIpc) is 3.17. The number of piperazine rings is 1. The van der Waals surface area contributed by atoms with E-state index in [1.165, 1.54) is 0 Å². The van der Waals surface area contributed by atoms with Crippen molar-refractivity contribution in [1.29, 1.82) is 0 Å². The molecular formula is C19H22N6OS2. The third-order valence-corrected chi connectivity index (χ3v) is 6.70. The third-order valence-electron chi connectivity index (χ3n) is 4.65. The minimum Gasteiger partial charge on any atom is -0.369 e. The number of pyridine rings is 2. The van der Waals surface area contributed by atoms with Gasteiger partial charge in [0.05, 0.1) is 15.9 Å². The molecule has 1 aliphatic rings. The molecule has 4 rings (SSSR count). The monoisotopic (exact) mass is 414 g/mol. The zero-order chi connectivity index (χ0) is 19.5. The van der Waals surface area contributed by atoms with Crippen molar-refractivity contribution in [2.75, 3.05) is 42.7 Å². The van der Waals surface area contributed by atoms with Crippen molar-refractivity contribution < 1.29 is 4.21 Å². The molecule has 4 heterocycles. The van der Waals surface area contributed by atoms with Crippen molar-refractivity contribution >= 4 is 39.0 Å². The van der Waals surface area contributed by atoms with Gasteiger partial charge in [0.2, 0.25) is 0 Å². The van der Waals surface area contributed by atoms with Gasteiger partial charge < -0.3 is 10.2 Å². The fraction of sp³-hybridized carbons (Fsp3) is 0.316. The Labute approximate surface area is 171 Å². The Bertz CT molecular complexity index is 967. The number of thiazole rings is 1. The lowest BCUT2D eigenvalue weighted by Gasteiger charge is -2.34. The molecule has 1 fully saturated rings. The van der Waals surface area contributed by atoms with Gasteiger partial charge in [-0.05, 0) is 19.1 Å². The van der Waals surface area contributed by atoms with Crippen molar-refractivity contribution in [2.45, 2.75) is 6.92 Å². The lowest BCUT2D eigenvalue weighted by atomic mass is 10.2. The molecule has 1 unspecified atom stereocenters. The van der Waals surface area contributed by atoms with E-state index in [2.05, 4.69) is 31.2 Å². The van der Waals surface area contributed by atoms with Gasteiger partial charge in [0.25, 0.3) is 0 Å². The fourth-order valence-electron chi connectivity index (χ4n) is 3.08. The summed E-state index contributed by atoms with van der Waals surface area (Å²) in [6, 6.07) is 8.10. The zero-order valence-corrected chi connectivity index (χ0v) is 17.5. The van der Waals surface area contributed by atoms with Crippen LogP contribution in [0.15, 0.2) is 42.9 Å². The molecule has 7 nitrogen and oxygen atoms in total. The smallest absolute Gasteiger partial charge is 0.188 e. The van der Waals surface area contributed by atoms with E-state index in [0.29, 0.717) is 0 Å². The van der Waals surface area contributed by atoms with Gasteiger partial charge in [-0.1, -0.05) is 17.4 Å². The zero-order valence-electron chi connectivity index (χ0n) is 15.8.